The molecule has 3 rings (SSSR count). The molecule has 3 N–H and O–H groups in total. The zero-order chi connectivity index (χ0) is 12.8. The molecule has 1 amide bonds. The second kappa shape index (κ2) is 4.52. The number of rotatable bonds is 6. The number of carbonyl (C=O) groups is 1. The second-order valence-corrected chi connectivity index (χ2v) is 7.05. The lowest BCUT2D eigenvalue weighted by molar-refractivity contribution is -0.138. The van der Waals surface area contributed by atoms with Crippen molar-refractivity contribution in [2.24, 2.45) is 34.8 Å². The van der Waals surface area contributed by atoms with Gasteiger partial charge < -0.3 is 11.1 Å². The Balaban J connectivity index is 1.51. The highest BCUT2D eigenvalue weighted by Gasteiger charge is 2.48. The summed E-state index contributed by atoms with van der Waals surface area (Å²) in [5.41, 5.74) is 5.60. The topological polar surface area (TPSA) is 55.1 Å². The molecule has 18 heavy (non-hydrogen) atoms. The first-order valence-electron chi connectivity index (χ1n) is 7.63. The van der Waals surface area contributed by atoms with Gasteiger partial charge >= 0.3 is 0 Å². The van der Waals surface area contributed by atoms with Gasteiger partial charge in [-0.2, -0.15) is 0 Å². The van der Waals surface area contributed by atoms with Crippen LogP contribution in [0.2, 0.25) is 0 Å². The maximum Gasteiger partial charge on any atom is 0.227 e. The van der Waals surface area contributed by atoms with Gasteiger partial charge in [0.2, 0.25) is 5.91 Å². The molecule has 3 saturated carbocycles. The van der Waals surface area contributed by atoms with Crippen LogP contribution in [0.25, 0.3) is 0 Å². The highest BCUT2D eigenvalue weighted by Crippen LogP contribution is 2.49. The largest absolute Gasteiger partial charge is 0.355 e. The normalized spacial score (nSPS) is 35.4. The third-order valence-corrected chi connectivity index (χ3v) is 5.30. The maximum atomic E-state index is 12.3. The smallest absolute Gasteiger partial charge is 0.227 e. The van der Waals surface area contributed by atoms with Crippen LogP contribution in [0.5, 0.6) is 0 Å². The van der Waals surface area contributed by atoms with E-state index in [0.717, 1.165) is 37.1 Å². The van der Waals surface area contributed by atoms with Gasteiger partial charge in [-0.15, -0.1) is 0 Å². The van der Waals surface area contributed by atoms with Crippen LogP contribution in [-0.2, 0) is 4.79 Å². The van der Waals surface area contributed by atoms with Crippen molar-refractivity contribution in [3.05, 3.63) is 0 Å². The Bertz CT molecular complexity index is 315. The summed E-state index contributed by atoms with van der Waals surface area (Å²) in [6.45, 7) is 3.63. The van der Waals surface area contributed by atoms with E-state index in [2.05, 4.69) is 12.2 Å². The van der Waals surface area contributed by atoms with Crippen LogP contribution in [-0.4, -0.2) is 19.0 Å². The SMILES string of the molecule is CC1CC(CN)(C(=O)NCC(C2CC2)C2CC2)C1. The fourth-order valence-electron chi connectivity index (χ4n) is 3.88. The van der Waals surface area contributed by atoms with Gasteiger partial charge in [0.15, 0.2) is 0 Å². The number of nitrogens with two attached hydrogens (primary N) is 1. The Kier molecular flexibility index (Phi) is 3.13. The van der Waals surface area contributed by atoms with E-state index >= 15 is 0 Å². The second-order valence-electron chi connectivity index (χ2n) is 7.05. The van der Waals surface area contributed by atoms with Gasteiger partial charge in [0.05, 0.1) is 5.41 Å². The van der Waals surface area contributed by atoms with E-state index in [0.29, 0.717) is 12.5 Å². The predicted octanol–water partition coefficient (Wildman–Crippen LogP) is 1.91. The average Bonchev–Trinajstić information content (AvgIpc) is 3.14. The van der Waals surface area contributed by atoms with Crippen LogP contribution in [0.1, 0.15) is 45.4 Å². The quantitative estimate of drug-likeness (QED) is 0.756. The molecule has 0 heterocycles. The number of nitrogens with one attached hydrogen (secondary N) is 1. The number of hydrogen-bond donors (Lipinski definition) is 2. The van der Waals surface area contributed by atoms with Crippen LogP contribution < -0.4 is 11.1 Å². The molecular weight excluding hydrogens is 224 g/mol. The monoisotopic (exact) mass is 250 g/mol. The third-order valence-electron chi connectivity index (χ3n) is 5.30. The van der Waals surface area contributed by atoms with Crippen LogP contribution >= 0.6 is 0 Å². The van der Waals surface area contributed by atoms with Crippen molar-refractivity contribution in [3.63, 3.8) is 0 Å². The van der Waals surface area contributed by atoms with Gasteiger partial charge in [-0.3, -0.25) is 4.79 Å². The first-order chi connectivity index (χ1) is 8.64. The van der Waals surface area contributed by atoms with Gasteiger partial charge in [0.1, 0.15) is 0 Å². The fourth-order valence-corrected chi connectivity index (χ4v) is 3.88. The molecule has 0 atom stereocenters. The standard InChI is InChI=1S/C15H26N2O/c1-10-6-15(7-10,9-16)14(18)17-8-13(11-2-3-11)12-4-5-12/h10-13H,2-9,16H2,1H3,(H,17,18). The maximum absolute atomic E-state index is 12.3. The Hall–Kier alpha value is -0.570. The molecule has 102 valence electrons. The van der Waals surface area contributed by atoms with Crippen molar-refractivity contribution in [3.8, 4) is 0 Å². The molecule has 0 aromatic rings. The van der Waals surface area contributed by atoms with Crippen molar-refractivity contribution < 1.29 is 4.79 Å². The molecule has 0 saturated heterocycles. The van der Waals surface area contributed by atoms with Crippen LogP contribution in [0.15, 0.2) is 0 Å². The molecule has 0 spiro atoms. The fraction of sp³-hybridized carbons (Fsp3) is 0.933. The molecule has 3 heteroatoms. The summed E-state index contributed by atoms with van der Waals surface area (Å²) in [5, 5.41) is 3.22. The zero-order valence-electron chi connectivity index (χ0n) is 11.5. The van der Waals surface area contributed by atoms with Crippen molar-refractivity contribution in [1.82, 2.24) is 5.32 Å². The molecule has 0 unspecified atom stereocenters. The molecular formula is C15H26N2O. The number of amides is 1. The lowest BCUT2D eigenvalue weighted by atomic mass is 9.62. The first kappa shape index (κ1) is 12.5. The van der Waals surface area contributed by atoms with E-state index in [1.807, 2.05) is 0 Å². The van der Waals surface area contributed by atoms with Gasteiger partial charge in [0, 0.05) is 13.1 Å². The molecule has 3 aliphatic carbocycles. The summed E-state index contributed by atoms with van der Waals surface area (Å²) in [5.74, 6) is 3.48. The minimum Gasteiger partial charge on any atom is -0.355 e. The first-order valence-corrected chi connectivity index (χ1v) is 7.63. The molecule has 0 bridgehead atoms. The molecule has 0 radical (unpaired) electrons. The van der Waals surface area contributed by atoms with E-state index in [1.54, 1.807) is 0 Å². The summed E-state index contributed by atoms with van der Waals surface area (Å²) in [6, 6.07) is 0. The Morgan fingerprint density at radius 2 is 1.83 bits per heavy atom. The molecule has 0 aliphatic heterocycles. The van der Waals surface area contributed by atoms with Crippen molar-refractivity contribution in [2.45, 2.75) is 45.4 Å². The van der Waals surface area contributed by atoms with E-state index in [-0.39, 0.29) is 11.3 Å². The molecule has 3 fully saturated rings. The average molecular weight is 250 g/mol. The van der Waals surface area contributed by atoms with Gasteiger partial charge in [-0.05, 0) is 62.2 Å². The molecule has 0 aromatic heterocycles. The van der Waals surface area contributed by atoms with Gasteiger partial charge in [0.25, 0.3) is 0 Å². The predicted molar refractivity (Wildman–Crippen MR) is 71.8 cm³/mol. The molecule has 3 nitrogen and oxygen atoms in total. The summed E-state index contributed by atoms with van der Waals surface area (Å²) in [7, 11) is 0. The highest BCUT2D eigenvalue weighted by atomic mass is 16.2. The number of hydrogen-bond acceptors (Lipinski definition) is 2. The minimum atomic E-state index is -0.225. The van der Waals surface area contributed by atoms with Crippen LogP contribution in [0.4, 0.5) is 0 Å². The van der Waals surface area contributed by atoms with Crippen molar-refractivity contribution in [2.75, 3.05) is 13.1 Å². The van der Waals surface area contributed by atoms with Gasteiger partial charge in [-0.1, -0.05) is 6.92 Å². The van der Waals surface area contributed by atoms with Gasteiger partial charge in [-0.25, -0.2) is 0 Å². The lowest BCUT2D eigenvalue weighted by Gasteiger charge is -2.44. The van der Waals surface area contributed by atoms with Crippen molar-refractivity contribution in [1.29, 1.82) is 0 Å². The van der Waals surface area contributed by atoms with Crippen molar-refractivity contribution >= 4 is 5.91 Å². The minimum absolute atomic E-state index is 0.225. The van der Waals surface area contributed by atoms with E-state index in [4.69, 9.17) is 5.73 Å². The zero-order valence-corrected chi connectivity index (χ0v) is 11.5. The van der Waals surface area contributed by atoms with Crippen LogP contribution in [0, 0.1) is 29.1 Å². The lowest BCUT2D eigenvalue weighted by Crippen LogP contribution is -2.54. The number of carbonyl (C=O) groups excluding carboxylic acids is 1. The summed E-state index contributed by atoms with van der Waals surface area (Å²) in [6.07, 6.45) is 7.50. The third kappa shape index (κ3) is 2.29. The summed E-state index contributed by atoms with van der Waals surface area (Å²) >= 11 is 0. The van der Waals surface area contributed by atoms with Crippen LogP contribution in [0.3, 0.4) is 0 Å². The summed E-state index contributed by atoms with van der Waals surface area (Å²) < 4.78 is 0. The highest BCUT2D eigenvalue weighted by molar-refractivity contribution is 5.83. The Morgan fingerprint density at radius 3 is 2.22 bits per heavy atom. The molecule has 0 aromatic carbocycles. The Labute approximate surface area is 110 Å². The summed E-state index contributed by atoms with van der Waals surface area (Å²) in [4.78, 5) is 12.3. The van der Waals surface area contributed by atoms with E-state index in [9.17, 15) is 4.79 Å². The van der Waals surface area contributed by atoms with E-state index < -0.39 is 0 Å². The van der Waals surface area contributed by atoms with E-state index in [1.165, 1.54) is 25.7 Å². The Morgan fingerprint density at radius 1 is 1.28 bits per heavy atom. The molecule has 3 aliphatic rings.